The standard InChI is InChI=1S/C52H84O6/c1-4-7-10-13-16-19-22-23-24-25-26-27-28-29-31-33-36-39-42-45-51(54)57-48-49(47-56-50(53)44-41-38-35-32-21-18-15-12-9-6-3)58-52(55)46-43-40-37-34-30-20-17-14-11-8-5-2/h7,10,14-19,23-24,26-27,29,31,36,39,49H,4-6,8-9,11-13,20-22,25,28,30,32-35,37-38,40-48H2,1-3H3/b10-7-,17-14-,18-15-,19-16-,24-23-,27-26-,31-29-,39-36-. The van der Waals surface area contributed by atoms with Gasteiger partial charge in [0.15, 0.2) is 6.10 Å². The first kappa shape index (κ1) is 54.3. The van der Waals surface area contributed by atoms with Crippen molar-refractivity contribution < 1.29 is 28.6 Å². The Kier molecular flexibility index (Phi) is 43.1. The number of esters is 3. The first-order chi connectivity index (χ1) is 28.5. The van der Waals surface area contributed by atoms with Gasteiger partial charge in [0.1, 0.15) is 13.2 Å². The van der Waals surface area contributed by atoms with Gasteiger partial charge in [-0.3, -0.25) is 14.4 Å². The number of unbranched alkanes of at least 4 members (excludes halogenated alkanes) is 13. The molecule has 0 bridgehead atoms. The highest BCUT2D eigenvalue weighted by Gasteiger charge is 2.19. The average molecular weight is 805 g/mol. The van der Waals surface area contributed by atoms with Crippen molar-refractivity contribution in [2.75, 3.05) is 13.2 Å². The number of allylic oxidation sites excluding steroid dienone is 16. The molecule has 0 aliphatic rings. The Morgan fingerprint density at radius 2 is 0.707 bits per heavy atom. The molecule has 0 saturated carbocycles. The molecule has 6 nitrogen and oxygen atoms in total. The van der Waals surface area contributed by atoms with Gasteiger partial charge in [0, 0.05) is 19.3 Å². The molecule has 0 radical (unpaired) electrons. The minimum atomic E-state index is -0.815. The highest BCUT2D eigenvalue weighted by molar-refractivity contribution is 5.71. The van der Waals surface area contributed by atoms with E-state index in [1.807, 2.05) is 12.2 Å². The van der Waals surface area contributed by atoms with Crippen molar-refractivity contribution in [3.63, 3.8) is 0 Å². The molecule has 0 aliphatic heterocycles. The molecule has 0 heterocycles. The van der Waals surface area contributed by atoms with Gasteiger partial charge in [0.25, 0.3) is 0 Å². The van der Waals surface area contributed by atoms with E-state index in [1.165, 1.54) is 38.5 Å². The fourth-order valence-corrected chi connectivity index (χ4v) is 5.78. The van der Waals surface area contributed by atoms with E-state index in [0.29, 0.717) is 19.3 Å². The molecule has 6 heteroatoms. The van der Waals surface area contributed by atoms with Crippen LogP contribution < -0.4 is 0 Å². The second-order valence-corrected chi connectivity index (χ2v) is 14.9. The first-order valence-corrected chi connectivity index (χ1v) is 23.2. The molecule has 0 fully saturated rings. The van der Waals surface area contributed by atoms with E-state index >= 15 is 0 Å². The van der Waals surface area contributed by atoms with Crippen LogP contribution in [0.15, 0.2) is 97.2 Å². The lowest BCUT2D eigenvalue weighted by Gasteiger charge is -2.18. The van der Waals surface area contributed by atoms with E-state index in [1.54, 1.807) is 0 Å². The van der Waals surface area contributed by atoms with Crippen molar-refractivity contribution in [2.45, 2.75) is 200 Å². The Morgan fingerprint density at radius 1 is 0.362 bits per heavy atom. The van der Waals surface area contributed by atoms with Crippen molar-refractivity contribution in [3.05, 3.63) is 97.2 Å². The van der Waals surface area contributed by atoms with Gasteiger partial charge in [0.05, 0.1) is 0 Å². The third-order valence-corrected chi connectivity index (χ3v) is 9.31. The van der Waals surface area contributed by atoms with Crippen LogP contribution in [0.4, 0.5) is 0 Å². The van der Waals surface area contributed by atoms with Crippen LogP contribution in [0.5, 0.6) is 0 Å². The molecular formula is C52H84O6. The van der Waals surface area contributed by atoms with E-state index in [0.717, 1.165) is 109 Å². The molecule has 0 spiro atoms. The van der Waals surface area contributed by atoms with Crippen LogP contribution >= 0.6 is 0 Å². The Labute approximate surface area is 356 Å². The van der Waals surface area contributed by atoms with Crippen molar-refractivity contribution in [1.82, 2.24) is 0 Å². The molecule has 58 heavy (non-hydrogen) atoms. The highest BCUT2D eigenvalue weighted by atomic mass is 16.6. The third kappa shape index (κ3) is 43.5. The number of rotatable bonds is 40. The monoisotopic (exact) mass is 805 g/mol. The lowest BCUT2D eigenvalue weighted by molar-refractivity contribution is -0.166. The predicted molar refractivity (Wildman–Crippen MR) is 247 cm³/mol. The van der Waals surface area contributed by atoms with Crippen molar-refractivity contribution in [1.29, 1.82) is 0 Å². The van der Waals surface area contributed by atoms with Crippen LogP contribution in [0.25, 0.3) is 0 Å². The molecule has 0 aromatic rings. The van der Waals surface area contributed by atoms with Crippen LogP contribution in [0, 0.1) is 0 Å². The van der Waals surface area contributed by atoms with Gasteiger partial charge in [-0.2, -0.15) is 0 Å². The molecule has 1 atom stereocenters. The van der Waals surface area contributed by atoms with Gasteiger partial charge in [0.2, 0.25) is 0 Å². The van der Waals surface area contributed by atoms with Crippen LogP contribution in [-0.4, -0.2) is 37.2 Å². The van der Waals surface area contributed by atoms with Crippen LogP contribution in [0.1, 0.15) is 194 Å². The summed E-state index contributed by atoms with van der Waals surface area (Å²) in [5.41, 5.74) is 0. The molecule has 0 aliphatic carbocycles. The zero-order chi connectivity index (χ0) is 42.3. The molecule has 1 unspecified atom stereocenters. The third-order valence-electron chi connectivity index (χ3n) is 9.31. The molecule has 0 N–H and O–H groups in total. The number of ether oxygens (including phenoxy) is 3. The lowest BCUT2D eigenvalue weighted by atomic mass is 10.1. The SMILES string of the molecule is CC/C=C\C/C=C\C/C=C\C/C=C\C/C=C\C/C=C\CCC(=O)OCC(COC(=O)CCCCCC/C=C\CCCC)OC(=O)CCCCCCC/C=C\CCCC. The first-order valence-electron chi connectivity index (χ1n) is 23.2. The summed E-state index contributed by atoms with van der Waals surface area (Å²) in [5.74, 6) is -1.03. The average Bonchev–Trinajstić information content (AvgIpc) is 3.22. The molecule has 0 saturated heterocycles. The van der Waals surface area contributed by atoms with E-state index in [2.05, 4.69) is 106 Å². The van der Waals surface area contributed by atoms with Gasteiger partial charge in [-0.05, 0) is 96.3 Å². The second-order valence-electron chi connectivity index (χ2n) is 14.9. The molecule has 0 aromatic heterocycles. The summed E-state index contributed by atoms with van der Waals surface area (Å²) >= 11 is 0. The maximum atomic E-state index is 12.7. The van der Waals surface area contributed by atoms with Crippen LogP contribution in [0.2, 0.25) is 0 Å². The quantitative estimate of drug-likeness (QED) is 0.0266. The Bertz CT molecular complexity index is 1200. The van der Waals surface area contributed by atoms with Crippen LogP contribution in [0.3, 0.4) is 0 Å². The van der Waals surface area contributed by atoms with Gasteiger partial charge in [-0.25, -0.2) is 0 Å². The fourth-order valence-electron chi connectivity index (χ4n) is 5.78. The Balaban J connectivity index is 4.50. The van der Waals surface area contributed by atoms with E-state index in [9.17, 15) is 14.4 Å². The summed E-state index contributed by atoms with van der Waals surface area (Å²) in [6.45, 7) is 6.33. The topological polar surface area (TPSA) is 78.9 Å². The Hall–Kier alpha value is -3.67. The minimum absolute atomic E-state index is 0.112. The largest absolute Gasteiger partial charge is 0.462 e. The normalized spacial score (nSPS) is 12.9. The Morgan fingerprint density at radius 3 is 1.16 bits per heavy atom. The lowest BCUT2D eigenvalue weighted by Crippen LogP contribution is -2.30. The fraction of sp³-hybridized carbons (Fsp3) is 0.635. The predicted octanol–water partition coefficient (Wildman–Crippen LogP) is 15.0. The smallest absolute Gasteiger partial charge is 0.306 e. The van der Waals surface area contributed by atoms with Gasteiger partial charge >= 0.3 is 17.9 Å². The number of carbonyl (C=O) groups excluding carboxylic acids is 3. The van der Waals surface area contributed by atoms with Gasteiger partial charge in [-0.15, -0.1) is 0 Å². The van der Waals surface area contributed by atoms with E-state index in [-0.39, 0.29) is 37.5 Å². The molecule has 0 rings (SSSR count). The summed E-state index contributed by atoms with van der Waals surface area (Å²) < 4.78 is 16.6. The molecular weight excluding hydrogens is 721 g/mol. The number of carbonyl (C=O) groups is 3. The summed E-state index contributed by atoms with van der Waals surface area (Å²) in [4.78, 5) is 37.7. The summed E-state index contributed by atoms with van der Waals surface area (Å²) in [7, 11) is 0. The number of hydrogen-bond acceptors (Lipinski definition) is 6. The van der Waals surface area contributed by atoms with E-state index in [4.69, 9.17) is 14.2 Å². The van der Waals surface area contributed by atoms with Gasteiger partial charge < -0.3 is 14.2 Å². The molecule has 0 amide bonds. The number of hydrogen-bond donors (Lipinski definition) is 0. The summed E-state index contributed by atoms with van der Waals surface area (Å²) in [6.07, 6.45) is 59.8. The highest BCUT2D eigenvalue weighted by Crippen LogP contribution is 2.12. The van der Waals surface area contributed by atoms with Crippen molar-refractivity contribution in [3.8, 4) is 0 Å². The molecule has 328 valence electrons. The minimum Gasteiger partial charge on any atom is -0.462 e. The summed E-state index contributed by atoms with van der Waals surface area (Å²) in [6, 6.07) is 0. The van der Waals surface area contributed by atoms with Crippen molar-refractivity contribution in [2.24, 2.45) is 0 Å². The van der Waals surface area contributed by atoms with E-state index < -0.39 is 6.10 Å². The summed E-state index contributed by atoms with van der Waals surface area (Å²) in [5, 5.41) is 0. The van der Waals surface area contributed by atoms with Crippen molar-refractivity contribution >= 4 is 17.9 Å². The maximum absolute atomic E-state index is 12.7. The zero-order valence-corrected chi connectivity index (χ0v) is 37.3. The zero-order valence-electron chi connectivity index (χ0n) is 37.3. The van der Waals surface area contributed by atoms with Crippen LogP contribution in [-0.2, 0) is 28.6 Å². The second kappa shape index (κ2) is 46.0. The van der Waals surface area contributed by atoms with Gasteiger partial charge in [-0.1, -0.05) is 176 Å². The maximum Gasteiger partial charge on any atom is 0.306 e. The molecule has 0 aromatic carbocycles.